The number of amides is 1. The number of piperazine rings is 1. The van der Waals surface area contributed by atoms with Crippen LogP contribution in [0.4, 0.5) is 18.9 Å². The Bertz CT molecular complexity index is 1380. The molecule has 3 heterocycles. The lowest BCUT2D eigenvalue weighted by molar-refractivity contribution is -0.137. The zero-order valence-corrected chi connectivity index (χ0v) is 20.3. The van der Waals surface area contributed by atoms with Gasteiger partial charge in [-0.1, -0.05) is 23.2 Å². The highest BCUT2D eigenvalue weighted by Gasteiger charge is 2.34. The molecule has 5 rings (SSSR count). The number of hydrogen-bond donors (Lipinski definition) is 0. The number of amidine groups is 1. The molecule has 36 heavy (non-hydrogen) atoms. The van der Waals surface area contributed by atoms with Crippen LogP contribution in [0.15, 0.2) is 59.7 Å². The lowest BCUT2D eigenvalue weighted by Gasteiger charge is -2.41. The van der Waals surface area contributed by atoms with Gasteiger partial charge in [0.2, 0.25) is 0 Å². The van der Waals surface area contributed by atoms with Crippen LogP contribution >= 0.6 is 11.6 Å². The van der Waals surface area contributed by atoms with Crippen LogP contribution in [0, 0.1) is 6.92 Å². The lowest BCUT2D eigenvalue weighted by atomic mass is 10.1. The minimum atomic E-state index is -4.51. The van der Waals surface area contributed by atoms with E-state index in [0.29, 0.717) is 42.3 Å². The number of rotatable bonds is 1. The van der Waals surface area contributed by atoms with Gasteiger partial charge in [-0.2, -0.15) is 13.2 Å². The number of halogens is 4. The standard InChI is InChI=1S/C26H22ClF3N4O2/c1-15-5-7-21-19(12-15)24(32-20-13-17(26(28,29)30)6-8-22(20)36-21)33-10-11-34(16(2)14-33)25(35)18-4-3-9-31-23(18)27/h3-9,12-13,16H,10-11,14H2,1-2H3/t16-/m0/s1. The summed E-state index contributed by atoms with van der Waals surface area (Å²) in [5.74, 6) is 1.04. The molecule has 2 aromatic carbocycles. The highest BCUT2D eigenvalue weighted by atomic mass is 35.5. The number of carbonyl (C=O) groups is 1. The Labute approximate surface area is 211 Å². The predicted molar refractivity (Wildman–Crippen MR) is 130 cm³/mol. The maximum Gasteiger partial charge on any atom is 0.416 e. The molecule has 10 heteroatoms. The van der Waals surface area contributed by atoms with E-state index >= 15 is 0 Å². The Kier molecular flexibility index (Phi) is 6.12. The predicted octanol–water partition coefficient (Wildman–Crippen LogP) is 6.09. The van der Waals surface area contributed by atoms with Crippen LogP contribution in [0.5, 0.6) is 11.5 Å². The molecule has 1 atom stereocenters. The summed E-state index contributed by atoms with van der Waals surface area (Å²) in [7, 11) is 0. The molecule has 0 spiro atoms. The molecule has 6 nitrogen and oxygen atoms in total. The summed E-state index contributed by atoms with van der Waals surface area (Å²) < 4.78 is 46.3. The monoisotopic (exact) mass is 514 g/mol. The molecule has 2 aliphatic rings. The molecule has 0 unspecified atom stereocenters. The minimum absolute atomic E-state index is 0.0991. The van der Waals surface area contributed by atoms with E-state index < -0.39 is 11.7 Å². The normalized spacial score (nSPS) is 17.5. The van der Waals surface area contributed by atoms with Gasteiger partial charge in [-0.05, 0) is 56.3 Å². The van der Waals surface area contributed by atoms with Crippen LogP contribution in [0.25, 0.3) is 0 Å². The van der Waals surface area contributed by atoms with Crippen molar-refractivity contribution in [2.75, 3.05) is 19.6 Å². The highest BCUT2D eigenvalue weighted by molar-refractivity contribution is 6.32. The summed E-state index contributed by atoms with van der Waals surface area (Å²) in [5.41, 5.74) is 1.27. The third-order valence-electron chi connectivity index (χ3n) is 6.29. The van der Waals surface area contributed by atoms with Crippen LogP contribution in [0.2, 0.25) is 5.15 Å². The molecular formula is C26H22ClF3N4O2. The van der Waals surface area contributed by atoms with E-state index in [2.05, 4.69) is 9.98 Å². The van der Waals surface area contributed by atoms with Crippen molar-refractivity contribution >= 4 is 29.0 Å². The van der Waals surface area contributed by atoms with Gasteiger partial charge in [0, 0.05) is 31.9 Å². The third kappa shape index (κ3) is 4.51. The number of alkyl halides is 3. The van der Waals surface area contributed by atoms with Crippen molar-refractivity contribution in [3.05, 3.63) is 82.1 Å². The van der Waals surface area contributed by atoms with Crippen molar-refractivity contribution in [1.82, 2.24) is 14.8 Å². The Hall–Kier alpha value is -3.59. The highest BCUT2D eigenvalue weighted by Crippen LogP contribution is 2.42. The first-order chi connectivity index (χ1) is 17.1. The molecule has 186 valence electrons. The summed E-state index contributed by atoms with van der Waals surface area (Å²) in [4.78, 5) is 25.5. The van der Waals surface area contributed by atoms with Gasteiger partial charge in [0.1, 0.15) is 22.4 Å². The fourth-order valence-electron chi connectivity index (χ4n) is 4.46. The van der Waals surface area contributed by atoms with E-state index in [4.69, 9.17) is 16.3 Å². The molecule has 0 bridgehead atoms. The first-order valence-corrected chi connectivity index (χ1v) is 11.7. The summed E-state index contributed by atoms with van der Waals surface area (Å²) in [6.45, 7) is 5.06. The molecular weight excluding hydrogens is 493 g/mol. The number of benzene rings is 2. The molecule has 1 saturated heterocycles. The Balaban J connectivity index is 1.51. The van der Waals surface area contributed by atoms with Gasteiger partial charge in [0.25, 0.3) is 5.91 Å². The average molecular weight is 515 g/mol. The first kappa shape index (κ1) is 24.1. The van der Waals surface area contributed by atoms with E-state index in [1.54, 1.807) is 23.1 Å². The summed E-state index contributed by atoms with van der Waals surface area (Å²) in [6, 6.07) is 11.9. The van der Waals surface area contributed by atoms with E-state index in [-0.39, 0.29) is 28.5 Å². The van der Waals surface area contributed by atoms with E-state index in [0.717, 1.165) is 17.7 Å². The van der Waals surface area contributed by atoms with Crippen molar-refractivity contribution in [2.24, 2.45) is 4.99 Å². The van der Waals surface area contributed by atoms with Gasteiger partial charge in [-0.15, -0.1) is 0 Å². The van der Waals surface area contributed by atoms with Crippen LogP contribution in [-0.2, 0) is 6.18 Å². The van der Waals surface area contributed by atoms with E-state index in [1.807, 2.05) is 30.9 Å². The van der Waals surface area contributed by atoms with Crippen molar-refractivity contribution in [2.45, 2.75) is 26.1 Å². The minimum Gasteiger partial charge on any atom is -0.454 e. The molecule has 1 amide bonds. The Morgan fingerprint density at radius 2 is 1.89 bits per heavy atom. The topological polar surface area (TPSA) is 58.0 Å². The number of fused-ring (bicyclic) bond motifs is 2. The second-order valence-corrected chi connectivity index (χ2v) is 9.21. The molecule has 1 fully saturated rings. The first-order valence-electron chi connectivity index (χ1n) is 11.4. The molecule has 2 aliphatic heterocycles. The Morgan fingerprint density at radius 3 is 2.61 bits per heavy atom. The SMILES string of the molecule is Cc1ccc2c(c1)C(N1CCN(C(=O)c3cccnc3Cl)[C@@H](C)C1)=Nc1cc(C(F)(F)F)ccc1O2. The largest absolute Gasteiger partial charge is 0.454 e. The third-order valence-corrected chi connectivity index (χ3v) is 6.59. The number of nitrogens with zero attached hydrogens (tertiary/aromatic N) is 4. The zero-order valence-electron chi connectivity index (χ0n) is 19.5. The number of hydrogen-bond acceptors (Lipinski definition) is 5. The second-order valence-electron chi connectivity index (χ2n) is 8.85. The van der Waals surface area contributed by atoms with Gasteiger partial charge in [-0.3, -0.25) is 4.79 Å². The maximum absolute atomic E-state index is 13.4. The van der Waals surface area contributed by atoms with Gasteiger partial charge >= 0.3 is 6.18 Å². The van der Waals surface area contributed by atoms with Crippen molar-refractivity contribution < 1.29 is 22.7 Å². The average Bonchev–Trinajstić information content (AvgIpc) is 2.99. The van der Waals surface area contributed by atoms with Crippen molar-refractivity contribution in [3.8, 4) is 11.5 Å². The fourth-order valence-corrected chi connectivity index (χ4v) is 4.66. The van der Waals surface area contributed by atoms with Gasteiger partial charge in [0.15, 0.2) is 5.75 Å². The molecule has 0 saturated carbocycles. The van der Waals surface area contributed by atoms with E-state index in [1.165, 1.54) is 12.3 Å². The molecule has 1 aromatic heterocycles. The van der Waals surface area contributed by atoms with Gasteiger partial charge < -0.3 is 14.5 Å². The van der Waals surface area contributed by atoms with Gasteiger partial charge in [-0.25, -0.2) is 9.98 Å². The molecule has 3 aromatic rings. The molecule has 0 N–H and O–H groups in total. The van der Waals surface area contributed by atoms with Crippen LogP contribution in [-0.4, -0.2) is 52.2 Å². The van der Waals surface area contributed by atoms with Crippen LogP contribution < -0.4 is 4.74 Å². The number of aromatic nitrogens is 1. The van der Waals surface area contributed by atoms with Crippen molar-refractivity contribution in [3.63, 3.8) is 0 Å². The van der Waals surface area contributed by atoms with Crippen LogP contribution in [0.3, 0.4) is 0 Å². The summed E-state index contributed by atoms with van der Waals surface area (Å²) in [6.07, 6.45) is -2.98. The molecule has 0 radical (unpaired) electrons. The van der Waals surface area contributed by atoms with Crippen LogP contribution in [0.1, 0.15) is 34.0 Å². The number of pyridine rings is 1. The van der Waals surface area contributed by atoms with E-state index in [9.17, 15) is 18.0 Å². The molecule has 0 aliphatic carbocycles. The lowest BCUT2D eigenvalue weighted by Crippen LogP contribution is -2.55. The number of ether oxygens (including phenoxy) is 1. The smallest absolute Gasteiger partial charge is 0.416 e. The number of aryl methyl sites for hydroxylation is 1. The second kappa shape index (κ2) is 9.13. The number of aliphatic imine (C=N–C) groups is 1. The van der Waals surface area contributed by atoms with Crippen molar-refractivity contribution in [1.29, 1.82) is 0 Å². The van der Waals surface area contributed by atoms with Gasteiger partial charge in [0.05, 0.1) is 16.7 Å². The summed E-state index contributed by atoms with van der Waals surface area (Å²) in [5, 5.41) is 0.142. The quantitative estimate of drug-likeness (QED) is 0.369. The number of carbonyl (C=O) groups excluding carboxylic acids is 1. The summed E-state index contributed by atoms with van der Waals surface area (Å²) >= 11 is 6.14. The Morgan fingerprint density at radius 1 is 1.11 bits per heavy atom. The fraction of sp³-hybridized carbons (Fsp3) is 0.269. The zero-order chi connectivity index (χ0) is 25.6. The maximum atomic E-state index is 13.4.